The van der Waals surface area contributed by atoms with E-state index in [0.29, 0.717) is 36.6 Å². The van der Waals surface area contributed by atoms with Gasteiger partial charge in [-0.15, -0.1) is 0 Å². The van der Waals surface area contributed by atoms with Crippen LogP contribution in [0.2, 0.25) is 0 Å². The summed E-state index contributed by atoms with van der Waals surface area (Å²) in [5.41, 5.74) is 6.54. The predicted octanol–water partition coefficient (Wildman–Crippen LogP) is 2.25. The van der Waals surface area contributed by atoms with Gasteiger partial charge in [-0.25, -0.2) is 4.98 Å². The fraction of sp³-hybridized carbons (Fsp3) is 0.714. The molecule has 0 aliphatic rings. The van der Waals surface area contributed by atoms with Crippen molar-refractivity contribution in [1.82, 2.24) is 9.97 Å². The Morgan fingerprint density at radius 3 is 2.60 bits per heavy atom. The van der Waals surface area contributed by atoms with E-state index in [1.807, 2.05) is 0 Å². The smallest absolute Gasteiger partial charge is 0.242 e. The van der Waals surface area contributed by atoms with Crippen molar-refractivity contribution in [2.75, 3.05) is 31.4 Å². The minimum atomic E-state index is 0.300. The number of nitrogen functional groups attached to an aromatic ring is 1. The number of anilines is 2. The first-order valence-corrected chi connectivity index (χ1v) is 7.16. The Morgan fingerprint density at radius 1 is 1.25 bits per heavy atom. The molecule has 20 heavy (non-hydrogen) atoms. The van der Waals surface area contributed by atoms with Crippen LogP contribution in [0, 0.1) is 0 Å². The van der Waals surface area contributed by atoms with Crippen molar-refractivity contribution in [2.45, 2.75) is 46.1 Å². The topological polar surface area (TPSA) is 82.3 Å². The molecular formula is C14H26N4O2. The van der Waals surface area contributed by atoms with Crippen molar-refractivity contribution < 1.29 is 9.47 Å². The van der Waals surface area contributed by atoms with Crippen LogP contribution in [0.5, 0.6) is 5.88 Å². The zero-order chi connectivity index (χ0) is 15.0. The van der Waals surface area contributed by atoms with Crippen LogP contribution in [0.4, 0.5) is 11.5 Å². The molecular weight excluding hydrogens is 256 g/mol. The molecule has 1 aromatic rings. The summed E-state index contributed by atoms with van der Waals surface area (Å²) in [4.78, 5) is 8.85. The molecule has 0 amide bonds. The normalized spacial score (nSPS) is 12.2. The molecule has 0 saturated carbocycles. The molecule has 0 radical (unpaired) electrons. The molecule has 1 atom stereocenters. The molecule has 0 spiro atoms. The Bertz CT molecular complexity index is 412. The molecule has 0 saturated heterocycles. The van der Waals surface area contributed by atoms with Gasteiger partial charge in [-0.2, -0.15) is 4.98 Å². The second-order valence-electron chi connectivity index (χ2n) is 4.75. The lowest BCUT2D eigenvalue weighted by atomic mass is 10.2. The Kier molecular flexibility index (Phi) is 7.08. The molecule has 1 aromatic heterocycles. The molecule has 0 aliphatic carbocycles. The number of aryl methyl sites for hydroxylation is 1. The third-order valence-electron chi connectivity index (χ3n) is 2.95. The summed E-state index contributed by atoms with van der Waals surface area (Å²) in [6, 6.07) is 0.300. The monoisotopic (exact) mass is 282 g/mol. The Hall–Kier alpha value is -1.56. The summed E-state index contributed by atoms with van der Waals surface area (Å²) in [7, 11) is 1.63. The fourth-order valence-electron chi connectivity index (χ4n) is 1.61. The van der Waals surface area contributed by atoms with Gasteiger partial charge in [-0.3, -0.25) is 0 Å². The van der Waals surface area contributed by atoms with Gasteiger partial charge < -0.3 is 20.5 Å². The molecule has 1 unspecified atom stereocenters. The molecule has 3 N–H and O–H groups in total. The molecule has 0 fully saturated rings. The van der Waals surface area contributed by atoms with Gasteiger partial charge in [0.2, 0.25) is 5.88 Å². The first-order chi connectivity index (χ1) is 9.62. The van der Waals surface area contributed by atoms with E-state index < -0.39 is 0 Å². The Labute approximate surface area is 121 Å². The largest absolute Gasteiger partial charge is 0.474 e. The number of hydrogen-bond acceptors (Lipinski definition) is 6. The maximum atomic E-state index is 6.08. The maximum Gasteiger partial charge on any atom is 0.242 e. The second-order valence-corrected chi connectivity index (χ2v) is 4.75. The van der Waals surface area contributed by atoms with E-state index in [1.165, 1.54) is 0 Å². The van der Waals surface area contributed by atoms with E-state index in [4.69, 9.17) is 15.2 Å². The van der Waals surface area contributed by atoms with E-state index in [0.717, 1.165) is 25.1 Å². The molecule has 0 aromatic carbocycles. The summed E-state index contributed by atoms with van der Waals surface area (Å²) in [6.45, 7) is 7.21. The minimum absolute atomic E-state index is 0.300. The number of methoxy groups -OCH3 is 1. The van der Waals surface area contributed by atoms with Crippen LogP contribution in [0.3, 0.4) is 0 Å². The summed E-state index contributed by atoms with van der Waals surface area (Å²) < 4.78 is 10.5. The Balaban J connectivity index is 2.95. The third kappa shape index (κ3) is 4.85. The molecule has 1 rings (SSSR count). The van der Waals surface area contributed by atoms with Crippen LogP contribution < -0.4 is 15.8 Å². The number of nitrogens with one attached hydrogen (secondary N) is 1. The molecule has 6 nitrogen and oxygen atoms in total. The van der Waals surface area contributed by atoms with Crippen molar-refractivity contribution >= 4 is 11.5 Å². The second kappa shape index (κ2) is 8.58. The van der Waals surface area contributed by atoms with E-state index in [-0.39, 0.29) is 0 Å². The van der Waals surface area contributed by atoms with Gasteiger partial charge in [0, 0.05) is 19.6 Å². The molecule has 0 aliphatic heterocycles. The average molecular weight is 282 g/mol. The SMILES string of the molecule is CCCc1nc(NC(C)CC)c(N)c(OCCOC)n1. The van der Waals surface area contributed by atoms with E-state index in [1.54, 1.807) is 7.11 Å². The summed E-state index contributed by atoms with van der Waals surface area (Å²) in [5.74, 6) is 1.84. The lowest BCUT2D eigenvalue weighted by molar-refractivity contribution is 0.144. The van der Waals surface area contributed by atoms with Crippen LogP contribution in [0.25, 0.3) is 0 Å². The number of aromatic nitrogens is 2. The number of hydrogen-bond donors (Lipinski definition) is 2. The quantitative estimate of drug-likeness (QED) is 0.676. The number of rotatable bonds is 9. The fourth-order valence-corrected chi connectivity index (χ4v) is 1.61. The highest BCUT2D eigenvalue weighted by atomic mass is 16.5. The number of ether oxygens (including phenoxy) is 2. The highest BCUT2D eigenvalue weighted by Gasteiger charge is 2.14. The third-order valence-corrected chi connectivity index (χ3v) is 2.95. The van der Waals surface area contributed by atoms with E-state index in [2.05, 4.69) is 36.1 Å². The minimum Gasteiger partial charge on any atom is -0.474 e. The zero-order valence-corrected chi connectivity index (χ0v) is 12.9. The van der Waals surface area contributed by atoms with E-state index >= 15 is 0 Å². The predicted molar refractivity (Wildman–Crippen MR) is 81.2 cm³/mol. The first kappa shape index (κ1) is 16.5. The highest BCUT2D eigenvalue weighted by Crippen LogP contribution is 2.27. The van der Waals surface area contributed by atoms with Gasteiger partial charge in [0.15, 0.2) is 5.82 Å². The average Bonchev–Trinajstić information content (AvgIpc) is 2.43. The first-order valence-electron chi connectivity index (χ1n) is 7.16. The van der Waals surface area contributed by atoms with Gasteiger partial charge in [-0.1, -0.05) is 13.8 Å². The van der Waals surface area contributed by atoms with Gasteiger partial charge in [0.1, 0.15) is 18.1 Å². The van der Waals surface area contributed by atoms with Gasteiger partial charge in [0.05, 0.1) is 6.61 Å². The van der Waals surface area contributed by atoms with Crippen LogP contribution in [0.15, 0.2) is 0 Å². The summed E-state index contributed by atoms with van der Waals surface area (Å²) in [5, 5.41) is 3.30. The standard InChI is InChI=1S/C14H26N4O2/c1-5-7-11-17-13(16-10(3)6-2)12(15)14(18-11)20-9-8-19-4/h10H,5-9,15H2,1-4H3,(H,16,17,18). The van der Waals surface area contributed by atoms with Crippen molar-refractivity contribution in [1.29, 1.82) is 0 Å². The van der Waals surface area contributed by atoms with Crippen LogP contribution in [-0.2, 0) is 11.2 Å². The van der Waals surface area contributed by atoms with Gasteiger partial charge in [-0.05, 0) is 19.8 Å². The van der Waals surface area contributed by atoms with Gasteiger partial charge in [0.25, 0.3) is 0 Å². The van der Waals surface area contributed by atoms with Crippen LogP contribution >= 0.6 is 0 Å². The Morgan fingerprint density at radius 2 is 2.00 bits per heavy atom. The maximum absolute atomic E-state index is 6.08. The lowest BCUT2D eigenvalue weighted by Crippen LogP contribution is -2.18. The zero-order valence-electron chi connectivity index (χ0n) is 12.9. The lowest BCUT2D eigenvalue weighted by Gasteiger charge is -2.17. The van der Waals surface area contributed by atoms with Crippen LogP contribution in [-0.4, -0.2) is 36.3 Å². The number of nitrogens with zero attached hydrogens (tertiary/aromatic N) is 2. The van der Waals surface area contributed by atoms with E-state index in [9.17, 15) is 0 Å². The molecule has 1 heterocycles. The van der Waals surface area contributed by atoms with Crippen molar-refractivity contribution in [3.8, 4) is 5.88 Å². The molecule has 6 heteroatoms. The highest BCUT2D eigenvalue weighted by molar-refractivity contribution is 5.67. The molecule has 0 bridgehead atoms. The van der Waals surface area contributed by atoms with Gasteiger partial charge >= 0.3 is 0 Å². The van der Waals surface area contributed by atoms with Crippen LogP contribution in [0.1, 0.15) is 39.4 Å². The summed E-state index contributed by atoms with van der Waals surface area (Å²) in [6.07, 6.45) is 2.77. The summed E-state index contributed by atoms with van der Waals surface area (Å²) >= 11 is 0. The van der Waals surface area contributed by atoms with Crippen molar-refractivity contribution in [2.24, 2.45) is 0 Å². The number of nitrogens with two attached hydrogens (primary N) is 1. The van der Waals surface area contributed by atoms with Crippen molar-refractivity contribution in [3.05, 3.63) is 5.82 Å². The van der Waals surface area contributed by atoms with Crippen molar-refractivity contribution in [3.63, 3.8) is 0 Å². The molecule has 114 valence electrons.